The van der Waals surface area contributed by atoms with Crippen molar-refractivity contribution in [3.05, 3.63) is 111 Å². The number of carbonyl (C=O) groups is 1. The molecule has 0 bridgehead atoms. The van der Waals surface area contributed by atoms with Gasteiger partial charge in [-0.15, -0.1) is 0 Å². The Morgan fingerprint density at radius 2 is 1.76 bits per heavy atom. The van der Waals surface area contributed by atoms with Gasteiger partial charge in [-0.25, -0.2) is 13.9 Å². The van der Waals surface area contributed by atoms with Crippen molar-refractivity contribution in [2.45, 2.75) is 70.7 Å². The van der Waals surface area contributed by atoms with E-state index in [1.54, 1.807) is 65.6 Å². The minimum Gasteiger partial charge on any atom is -0.460 e. The molecule has 54 heavy (non-hydrogen) atoms. The fraction of sp³-hybridized carbons (Fsp3) is 0.400. The van der Waals surface area contributed by atoms with Crippen LogP contribution in [0.15, 0.2) is 88.6 Å². The Morgan fingerprint density at radius 3 is 2.48 bits per heavy atom. The molecule has 0 aliphatic carbocycles. The number of halogens is 1. The smallest absolute Gasteiger partial charge is 0.460 e. The van der Waals surface area contributed by atoms with Gasteiger partial charge in [0.2, 0.25) is 5.82 Å². The summed E-state index contributed by atoms with van der Waals surface area (Å²) < 4.78 is 70.4. The van der Waals surface area contributed by atoms with E-state index in [-0.39, 0.29) is 31.2 Å². The number of hydrogen-bond acceptors (Lipinski definition) is 12. The minimum absolute atomic E-state index is 0.00639. The third kappa shape index (κ3) is 10.6. The van der Waals surface area contributed by atoms with Gasteiger partial charge in [-0.1, -0.05) is 80.6 Å². The third-order valence-corrected chi connectivity index (χ3v) is 12.1. The Kier molecular flexibility index (Phi) is 13.8. The molecule has 5 rings (SSSR count). The lowest BCUT2D eigenvalue weighted by Gasteiger charge is -2.31. The maximum absolute atomic E-state index is 14.7. The number of phosphoric acid groups is 1. The number of H-pyrrole nitrogens is 1. The molecule has 16 nitrogen and oxygen atoms in total. The predicted molar refractivity (Wildman–Crippen MR) is 195 cm³/mol. The highest BCUT2D eigenvalue weighted by molar-refractivity contribution is 7.63. The zero-order valence-corrected chi connectivity index (χ0v) is 31.6. The summed E-state index contributed by atoms with van der Waals surface area (Å²) in [5, 5.41) is 14.3. The monoisotopic (exact) mass is 792 g/mol. The summed E-state index contributed by atoms with van der Waals surface area (Å²) in [6, 6.07) is 19.0. The summed E-state index contributed by atoms with van der Waals surface area (Å²) in [4.78, 5) is 52.2. The van der Waals surface area contributed by atoms with Crippen molar-refractivity contribution in [2.24, 2.45) is 0 Å². The van der Waals surface area contributed by atoms with Crippen molar-refractivity contribution >= 4 is 32.3 Å². The van der Waals surface area contributed by atoms with Crippen molar-refractivity contribution in [3.63, 3.8) is 0 Å². The predicted octanol–water partition coefficient (Wildman–Crippen LogP) is 4.62. The van der Waals surface area contributed by atoms with Crippen molar-refractivity contribution in [1.82, 2.24) is 19.5 Å². The molecule has 4 aromatic rings. The first-order chi connectivity index (χ1) is 25.7. The lowest BCUT2D eigenvalue weighted by atomic mass is 10.1. The van der Waals surface area contributed by atoms with E-state index in [0.29, 0.717) is 40.2 Å². The van der Waals surface area contributed by atoms with Gasteiger partial charge < -0.3 is 28.9 Å². The number of esters is 1. The van der Waals surface area contributed by atoms with Crippen LogP contribution in [0, 0.1) is 5.82 Å². The molecule has 1 aliphatic rings. The van der Waals surface area contributed by atoms with Crippen LogP contribution in [0.4, 0.5) is 4.39 Å². The molecule has 19 heteroatoms. The zero-order chi connectivity index (χ0) is 39.0. The topological polar surface area (TPSA) is 208 Å². The second-order valence-electron chi connectivity index (χ2n) is 12.6. The standard InChI is InChI=1S/C35H43FN4O12P2/c1-4-39(5-2)23(3)18-28(34(43)48-21-24-12-7-6-8-13-24)38-53(45,51-30-17-11-15-25-14-9-10-16-26(25)30)52-54(46,47)49-22-31-29(41)19-32(50-31)40-20-27(36)33(42)37-35(40)44/h6-17,20,23,28-29,31-32,41H,4-5,18-19,21-22H2,1-3H3,(H,38,45)(H,46,47)(H,37,42,44)/t23?,28-,29?,31+,32+,53?/m0/s1. The number of hydrogen-bond donors (Lipinski definition) is 4. The fourth-order valence-electron chi connectivity index (χ4n) is 6.07. The van der Waals surface area contributed by atoms with E-state index in [4.69, 9.17) is 22.8 Å². The molecule has 0 radical (unpaired) electrons. The SMILES string of the molecule is CCN(CC)C(C)C[C@H](NP(=O)(Oc1cccc2ccccc12)OP(=O)(O)OC[C@H]1O[C@@H](n2cc(F)c(=O)[nH]c2=O)CC1O)C(=O)OCc1ccccc1. The van der Waals surface area contributed by atoms with E-state index >= 15 is 0 Å². The molecule has 1 aromatic heterocycles. The average Bonchev–Trinajstić information content (AvgIpc) is 3.51. The number of ether oxygens (including phenoxy) is 2. The zero-order valence-electron chi connectivity index (χ0n) is 29.8. The van der Waals surface area contributed by atoms with Crippen LogP contribution in [0.25, 0.3) is 10.8 Å². The largest absolute Gasteiger partial charge is 0.481 e. The van der Waals surface area contributed by atoms with Gasteiger partial charge in [-0.3, -0.25) is 23.7 Å². The Morgan fingerprint density at radius 1 is 1.07 bits per heavy atom. The Balaban J connectivity index is 1.40. The number of benzene rings is 3. The van der Waals surface area contributed by atoms with Gasteiger partial charge in [0.25, 0.3) is 5.56 Å². The highest BCUT2D eigenvalue weighted by Gasteiger charge is 2.44. The first kappa shape index (κ1) is 41.1. The highest BCUT2D eigenvalue weighted by atomic mass is 31.3. The minimum atomic E-state index is -5.40. The van der Waals surface area contributed by atoms with Gasteiger partial charge in [-0.2, -0.15) is 13.8 Å². The molecule has 0 saturated carbocycles. The van der Waals surface area contributed by atoms with Gasteiger partial charge in [0.05, 0.1) is 18.9 Å². The molecule has 7 atom stereocenters. The normalized spacial score (nSPS) is 20.6. The number of carbonyl (C=O) groups excluding carboxylic acids is 1. The van der Waals surface area contributed by atoms with E-state index in [2.05, 4.69) is 5.09 Å². The molecule has 2 heterocycles. The van der Waals surface area contributed by atoms with Gasteiger partial charge in [-0.05, 0) is 43.5 Å². The lowest BCUT2D eigenvalue weighted by Crippen LogP contribution is -2.44. The highest BCUT2D eigenvalue weighted by Crippen LogP contribution is 2.61. The summed E-state index contributed by atoms with van der Waals surface area (Å²) in [6.07, 6.45) is -3.67. The number of nitrogens with zero attached hydrogens (tertiary/aromatic N) is 2. The molecule has 4 N–H and O–H groups in total. The van der Waals surface area contributed by atoms with Crippen LogP contribution in [0.1, 0.15) is 45.4 Å². The molecule has 0 spiro atoms. The van der Waals surface area contributed by atoms with Crippen LogP contribution < -0.4 is 20.9 Å². The molecule has 4 unspecified atom stereocenters. The molecule has 1 saturated heterocycles. The number of nitrogens with one attached hydrogen (secondary N) is 2. The Bertz CT molecular complexity index is 2110. The van der Waals surface area contributed by atoms with E-state index in [0.717, 1.165) is 0 Å². The Labute approximate surface area is 310 Å². The van der Waals surface area contributed by atoms with Crippen LogP contribution in [0.2, 0.25) is 0 Å². The van der Waals surface area contributed by atoms with Crippen LogP contribution in [0.5, 0.6) is 5.75 Å². The van der Waals surface area contributed by atoms with E-state index in [1.807, 2.05) is 31.7 Å². The number of aromatic nitrogens is 2. The van der Waals surface area contributed by atoms with Gasteiger partial charge in [0.1, 0.15) is 30.7 Å². The first-order valence-corrected chi connectivity index (χ1v) is 20.3. The fourth-order valence-corrected chi connectivity index (χ4v) is 9.06. The van der Waals surface area contributed by atoms with Crippen LogP contribution in [0.3, 0.4) is 0 Å². The van der Waals surface area contributed by atoms with E-state index in [1.165, 1.54) is 6.07 Å². The third-order valence-electron chi connectivity index (χ3n) is 8.85. The number of rotatable bonds is 18. The van der Waals surface area contributed by atoms with Gasteiger partial charge in [0, 0.05) is 17.8 Å². The van der Waals surface area contributed by atoms with Crippen molar-refractivity contribution < 1.29 is 51.1 Å². The Hall–Kier alpha value is -4.02. The van der Waals surface area contributed by atoms with Crippen molar-refractivity contribution in [3.8, 4) is 5.75 Å². The summed E-state index contributed by atoms with van der Waals surface area (Å²) in [5.41, 5.74) is -1.57. The van der Waals surface area contributed by atoms with Gasteiger partial charge in [0.15, 0.2) is 0 Å². The van der Waals surface area contributed by atoms with Crippen LogP contribution in [-0.2, 0) is 38.8 Å². The first-order valence-electron chi connectivity index (χ1n) is 17.2. The van der Waals surface area contributed by atoms with Crippen LogP contribution >= 0.6 is 15.6 Å². The number of aromatic amines is 1. The summed E-state index contributed by atoms with van der Waals surface area (Å²) in [5.74, 6) is -2.11. The maximum atomic E-state index is 14.7. The summed E-state index contributed by atoms with van der Waals surface area (Å²) in [6.45, 7) is 6.06. The number of aliphatic hydroxyl groups is 1. The second-order valence-corrected chi connectivity index (χ2v) is 15.9. The van der Waals surface area contributed by atoms with Crippen LogP contribution in [-0.4, -0.2) is 74.4 Å². The average molecular weight is 793 g/mol. The molecule has 3 aromatic carbocycles. The summed E-state index contributed by atoms with van der Waals surface area (Å²) in [7, 11) is -10.5. The second kappa shape index (κ2) is 18.1. The number of aliphatic hydroxyl groups excluding tert-OH is 1. The summed E-state index contributed by atoms with van der Waals surface area (Å²) >= 11 is 0. The molecular weight excluding hydrogens is 749 g/mol. The number of fused-ring (bicyclic) bond motifs is 1. The van der Waals surface area contributed by atoms with E-state index in [9.17, 15) is 37.9 Å². The van der Waals surface area contributed by atoms with Crippen molar-refractivity contribution in [1.29, 1.82) is 0 Å². The number of phosphoric ester groups is 1. The quantitative estimate of drug-likeness (QED) is 0.0802. The maximum Gasteiger partial charge on any atom is 0.481 e. The molecule has 292 valence electrons. The molecule has 0 amide bonds. The van der Waals surface area contributed by atoms with Gasteiger partial charge >= 0.3 is 27.2 Å². The molecular formula is C35H43FN4O12P2. The van der Waals surface area contributed by atoms with E-state index < -0.39 is 69.7 Å². The molecule has 1 fully saturated rings. The van der Waals surface area contributed by atoms with Crippen molar-refractivity contribution in [2.75, 3.05) is 19.7 Å². The lowest BCUT2D eigenvalue weighted by molar-refractivity contribution is -0.147. The molecule has 1 aliphatic heterocycles.